The van der Waals surface area contributed by atoms with Crippen molar-refractivity contribution in [3.8, 4) is 0 Å². The summed E-state index contributed by atoms with van der Waals surface area (Å²) < 4.78 is 29.0. The molecule has 2 heterocycles. The van der Waals surface area contributed by atoms with E-state index in [4.69, 9.17) is 0 Å². The maximum absolute atomic E-state index is 13.8. The van der Waals surface area contributed by atoms with Crippen molar-refractivity contribution >= 4 is 27.8 Å². The van der Waals surface area contributed by atoms with Crippen LogP contribution in [0.1, 0.15) is 17.0 Å². The Kier molecular flexibility index (Phi) is 4.11. The number of carboxylic acid groups (broad SMARTS) is 1. The predicted octanol–water partition coefficient (Wildman–Crippen LogP) is 4.45. The second-order valence-electron chi connectivity index (χ2n) is 6.52. The summed E-state index contributed by atoms with van der Waals surface area (Å²) in [4.78, 5) is 15.8. The van der Waals surface area contributed by atoms with Gasteiger partial charge in [-0.2, -0.15) is 0 Å². The molecule has 0 aliphatic rings. The molecule has 0 aliphatic heterocycles. The van der Waals surface area contributed by atoms with E-state index in [0.29, 0.717) is 28.5 Å². The van der Waals surface area contributed by atoms with Crippen molar-refractivity contribution in [1.82, 2.24) is 9.55 Å². The molecule has 0 saturated carbocycles. The minimum Gasteiger partial charge on any atom is -0.481 e. The van der Waals surface area contributed by atoms with Crippen molar-refractivity contribution in [2.45, 2.75) is 19.9 Å². The van der Waals surface area contributed by atoms with Gasteiger partial charge in [0, 0.05) is 16.5 Å². The molecule has 0 aliphatic carbocycles. The zero-order chi connectivity index (χ0) is 19.1. The highest BCUT2D eigenvalue weighted by Gasteiger charge is 2.17. The van der Waals surface area contributed by atoms with Gasteiger partial charge in [0.25, 0.3) is 0 Å². The highest BCUT2D eigenvalue weighted by atomic mass is 19.1. The first-order valence-electron chi connectivity index (χ1n) is 8.46. The third-order valence-electron chi connectivity index (χ3n) is 4.77. The van der Waals surface area contributed by atoms with Gasteiger partial charge in [-0.1, -0.05) is 6.07 Å². The number of pyridine rings is 1. The minimum atomic E-state index is -0.938. The molecular weight excluding hydrogens is 350 g/mol. The second kappa shape index (κ2) is 6.46. The average Bonchev–Trinajstić information content (AvgIpc) is 2.86. The zero-order valence-electron chi connectivity index (χ0n) is 14.5. The first kappa shape index (κ1) is 17.1. The molecule has 4 aromatic rings. The van der Waals surface area contributed by atoms with Crippen LogP contribution in [0, 0.1) is 18.6 Å². The number of aromatic nitrogens is 2. The largest absolute Gasteiger partial charge is 0.481 e. The molecule has 1 N–H and O–H groups in total. The number of rotatable bonds is 4. The zero-order valence-corrected chi connectivity index (χ0v) is 14.5. The van der Waals surface area contributed by atoms with Gasteiger partial charge in [0.15, 0.2) is 0 Å². The lowest BCUT2D eigenvalue weighted by molar-refractivity contribution is -0.136. The summed E-state index contributed by atoms with van der Waals surface area (Å²) in [6.45, 7) is 2.19. The van der Waals surface area contributed by atoms with Gasteiger partial charge in [0.05, 0.1) is 29.7 Å². The Morgan fingerprint density at radius 2 is 1.81 bits per heavy atom. The Morgan fingerprint density at radius 3 is 2.59 bits per heavy atom. The molecule has 2 aromatic heterocycles. The molecule has 4 nitrogen and oxygen atoms in total. The quantitative estimate of drug-likeness (QED) is 0.580. The van der Waals surface area contributed by atoms with Crippen molar-refractivity contribution in [2.75, 3.05) is 0 Å². The third kappa shape index (κ3) is 3.14. The summed E-state index contributed by atoms with van der Waals surface area (Å²) in [6, 6.07) is 12.3. The van der Waals surface area contributed by atoms with E-state index in [1.54, 1.807) is 24.3 Å². The van der Waals surface area contributed by atoms with E-state index in [1.165, 1.54) is 24.3 Å². The van der Waals surface area contributed by atoms with Crippen molar-refractivity contribution in [3.63, 3.8) is 0 Å². The van der Waals surface area contributed by atoms with Crippen LogP contribution in [0.3, 0.4) is 0 Å². The van der Waals surface area contributed by atoms with E-state index in [2.05, 4.69) is 4.98 Å². The number of aliphatic carboxylic acids is 1. The van der Waals surface area contributed by atoms with Crippen LogP contribution in [-0.2, 0) is 17.8 Å². The molecule has 0 atom stereocenters. The van der Waals surface area contributed by atoms with Gasteiger partial charge < -0.3 is 9.67 Å². The van der Waals surface area contributed by atoms with Crippen LogP contribution >= 0.6 is 0 Å². The number of hydrogen-bond donors (Lipinski definition) is 1. The van der Waals surface area contributed by atoms with Crippen LogP contribution in [0.4, 0.5) is 8.78 Å². The summed E-state index contributed by atoms with van der Waals surface area (Å²) in [6.07, 6.45) is -0.134. The lowest BCUT2D eigenvalue weighted by atomic mass is 10.1. The molecule has 6 heteroatoms. The molecule has 0 radical (unpaired) electrons. The van der Waals surface area contributed by atoms with Crippen LogP contribution in [0.15, 0.2) is 48.5 Å². The van der Waals surface area contributed by atoms with Crippen LogP contribution in [0.25, 0.3) is 21.8 Å². The number of carboxylic acids is 1. The third-order valence-corrected chi connectivity index (χ3v) is 4.77. The molecule has 0 amide bonds. The molecule has 27 heavy (non-hydrogen) atoms. The molecule has 0 fully saturated rings. The molecule has 0 unspecified atom stereocenters. The van der Waals surface area contributed by atoms with E-state index < -0.39 is 5.97 Å². The number of carbonyl (C=O) groups is 1. The normalized spacial score (nSPS) is 11.4. The van der Waals surface area contributed by atoms with Crippen LogP contribution in [-0.4, -0.2) is 20.6 Å². The van der Waals surface area contributed by atoms with Gasteiger partial charge in [0.2, 0.25) is 0 Å². The molecule has 136 valence electrons. The highest BCUT2D eigenvalue weighted by Crippen LogP contribution is 2.28. The number of benzene rings is 2. The number of nitrogens with zero attached hydrogens (tertiary/aromatic N) is 2. The lowest BCUT2D eigenvalue weighted by Gasteiger charge is -2.09. The van der Waals surface area contributed by atoms with Gasteiger partial charge in [-0.05, 0) is 55.0 Å². The summed E-state index contributed by atoms with van der Waals surface area (Å²) in [5.74, 6) is -1.64. The molecular formula is C21H16F2N2O2. The summed E-state index contributed by atoms with van der Waals surface area (Å²) in [5.41, 5.74) is 3.45. The standard InChI is InChI=1S/C21H16F2N2O2/c1-12-18(10-21(26)27)17-6-3-15(23)9-20(17)25(12)11-16-5-2-13-8-14(22)4-7-19(13)24-16/h2-9H,10-11H2,1H3,(H,26,27). The van der Waals surface area contributed by atoms with Gasteiger partial charge >= 0.3 is 5.97 Å². The Hall–Kier alpha value is -3.28. The second-order valence-corrected chi connectivity index (χ2v) is 6.52. The van der Waals surface area contributed by atoms with E-state index in [-0.39, 0.29) is 18.1 Å². The van der Waals surface area contributed by atoms with Crippen molar-refractivity contribution in [2.24, 2.45) is 0 Å². The fraction of sp³-hybridized carbons (Fsp3) is 0.143. The van der Waals surface area contributed by atoms with Gasteiger partial charge in [0.1, 0.15) is 11.6 Å². The SMILES string of the molecule is Cc1c(CC(=O)O)c2ccc(F)cc2n1Cc1ccc2cc(F)ccc2n1. The van der Waals surface area contributed by atoms with Gasteiger partial charge in [-0.25, -0.2) is 8.78 Å². The van der Waals surface area contributed by atoms with E-state index in [1.807, 2.05) is 11.5 Å². The molecule has 0 bridgehead atoms. The summed E-state index contributed by atoms with van der Waals surface area (Å²) in [7, 11) is 0. The highest BCUT2D eigenvalue weighted by molar-refractivity contribution is 5.89. The van der Waals surface area contributed by atoms with Crippen molar-refractivity contribution in [1.29, 1.82) is 0 Å². The first-order chi connectivity index (χ1) is 12.9. The monoisotopic (exact) mass is 366 g/mol. The van der Waals surface area contributed by atoms with Crippen molar-refractivity contribution in [3.05, 3.63) is 77.1 Å². The van der Waals surface area contributed by atoms with Gasteiger partial charge in [-0.15, -0.1) is 0 Å². The van der Waals surface area contributed by atoms with E-state index >= 15 is 0 Å². The Bertz CT molecular complexity index is 1200. The van der Waals surface area contributed by atoms with Crippen LogP contribution in [0.5, 0.6) is 0 Å². The fourth-order valence-electron chi connectivity index (χ4n) is 3.49. The van der Waals surface area contributed by atoms with E-state index in [0.717, 1.165) is 16.8 Å². The molecule has 4 rings (SSSR count). The minimum absolute atomic E-state index is 0.134. The maximum Gasteiger partial charge on any atom is 0.307 e. The molecule has 0 spiro atoms. The smallest absolute Gasteiger partial charge is 0.307 e. The van der Waals surface area contributed by atoms with Crippen molar-refractivity contribution < 1.29 is 18.7 Å². The maximum atomic E-state index is 13.8. The molecule has 0 saturated heterocycles. The summed E-state index contributed by atoms with van der Waals surface area (Å²) >= 11 is 0. The predicted molar refractivity (Wildman–Crippen MR) is 98.8 cm³/mol. The fourth-order valence-corrected chi connectivity index (χ4v) is 3.49. The number of hydrogen-bond acceptors (Lipinski definition) is 2. The number of halogens is 2. The first-order valence-corrected chi connectivity index (χ1v) is 8.46. The van der Waals surface area contributed by atoms with E-state index in [9.17, 15) is 18.7 Å². The Labute approximate surface area is 153 Å². The number of fused-ring (bicyclic) bond motifs is 2. The van der Waals surface area contributed by atoms with Crippen LogP contribution in [0.2, 0.25) is 0 Å². The van der Waals surface area contributed by atoms with Crippen LogP contribution < -0.4 is 0 Å². The van der Waals surface area contributed by atoms with Gasteiger partial charge in [-0.3, -0.25) is 9.78 Å². The summed E-state index contributed by atoms with van der Waals surface area (Å²) in [5, 5.41) is 10.6. The molecule has 2 aromatic carbocycles. The Balaban J connectivity index is 1.83. The average molecular weight is 366 g/mol. The topological polar surface area (TPSA) is 55.1 Å². The Morgan fingerprint density at radius 1 is 1.07 bits per heavy atom. The lowest BCUT2D eigenvalue weighted by Crippen LogP contribution is -2.06.